The van der Waals surface area contributed by atoms with Crippen molar-refractivity contribution in [2.24, 2.45) is 0 Å². The predicted octanol–water partition coefficient (Wildman–Crippen LogP) is 3.35. The Hall–Kier alpha value is -3.00. The third-order valence-electron chi connectivity index (χ3n) is 3.51. The third-order valence-corrected chi connectivity index (χ3v) is 3.51. The first-order valence-electron chi connectivity index (χ1n) is 7.51. The van der Waals surface area contributed by atoms with Crippen LogP contribution in [0.2, 0.25) is 0 Å². The van der Waals surface area contributed by atoms with Gasteiger partial charge in [0.15, 0.2) is 0 Å². The zero-order valence-corrected chi connectivity index (χ0v) is 13.8. The molecule has 0 saturated carbocycles. The molecule has 1 amide bonds. The highest BCUT2D eigenvalue weighted by Crippen LogP contribution is 2.26. The molecule has 0 radical (unpaired) electrons. The number of methoxy groups -OCH3 is 1. The predicted molar refractivity (Wildman–Crippen MR) is 92.6 cm³/mol. The van der Waals surface area contributed by atoms with E-state index in [1.54, 1.807) is 13.0 Å². The molecule has 0 saturated heterocycles. The maximum atomic E-state index is 13.5. The number of nitrogens with zero attached hydrogens (tertiary/aromatic N) is 1. The Morgan fingerprint density at radius 2 is 2.04 bits per heavy atom. The van der Waals surface area contributed by atoms with E-state index in [1.165, 1.54) is 37.4 Å². The van der Waals surface area contributed by atoms with Gasteiger partial charge < -0.3 is 15.4 Å². The lowest BCUT2D eigenvalue weighted by Gasteiger charge is -2.09. The Labute approximate surface area is 144 Å². The van der Waals surface area contributed by atoms with Crippen LogP contribution in [0.5, 0.6) is 0 Å². The van der Waals surface area contributed by atoms with Crippen LogP contribution < -0.4 is 10.6 Å². The first-order chi connectivity index (χ1) is 11.9. The van der Waals surface area contributed by atoms with E-state index in [0.717, 1.165) is 0 Å². The first-order valence-corrected chi connectivity index (χ1v) is 7.51. The van der Waals surface area contributed by atoms with E-state index in [0.29, 0.717) is 24.4 Å². The quantitative estimate of drug-likeness (QED) is 0.455. The molecule has 7 nitrogen and oxygen atoms in total. The van der Waals surface area contributed by atoms with Crippen LogP contribution >= 0.6 is 0 Å². The van der Waals surface area contributed by atoms with Gasteiger partial charge in [0.1, 0.15) is 11.5 Å². The summed E-state index contributed by atoms with van der Waals surface area (Å²) in [5.41, 5.74) is 0.905. The summed E-state index contributed by atoms with van der Waals surface area (Å²) in [6.45, 7) is 2.39. The van der Waals surface area contributed by atoms with Crippen LogP contribution in [-0.2, 0) is 4.74 Å². The first kappa shape index (κ1) is 18.3. The molecule has 0 fully saturated rings. The average molecular weight is 347 g/mol. The Kier molecular flexibility index (Phi) is 6.02. The van der Waals surface area contributed by atoms with Gasteiger partial charge in [0.05, 0.1) is 11.5 Å². The molecule has 0 aliphatic rings. The number of carbonyl (C=O) groups is 1. The summed E-state index contributed by atoms with van der Waals surface area (Å²) in [6, 6.07) is 8.39. The molecule has 8 heteroatoms. The molecule has 0 bridgehead atoms. The Morgan fingerprint density at radius 3 is 2.68 bits per heavy atom. The van der Waals surface area contributed by atoms with Crippen molar-refractivity contribution < 1.29 is 18.8 Å². The molecular formula is C17H18FN3O4. The number of aryl methyl sites for hydroxylation is 1. The largest absolute Gasteiger partial charge is 0.383 e. The fourth-order valence-corrected chi connectivity index (χ4v) is 2.14. The minimum Gasteiger partial charge on any atom is -0.383 e. The van der Waals surface area contributed by atoms with Gasteiger partial charge >= 0.3 is 0 Å². The number of rotatable bonds is 7. The smallest absolute Gasteiger partial charge is 0.293 e. The van der Waals surface area contributed by atoms with Gasteiger partial charge in [-0.3, -0.25) is 14.9 Å². The van der Waals surface area contributed by atoms with Gasteiger partial charge in [-0.2, -0.15) is 0 Å². The van der Waals surface area contributed by atoms with E-state index in [4.69, 9.17) is 4.74 Å². The van der Waals surface area contributed by atoms with Crippen molar-refractivity contribution >= 4 is 23.0 Å². The fraction of sp³-hybridized carbons (Fsp3) is 0.235. The minimum absolute atomic E-state index is 0.102. The van der Waals surface area contributed by atoms with Gasteiger partial charge in [0.25, 0.3) is 11.6 Å². The Bertz CT molecular complexity index is 795. The summed E-state index contributed by atoms with van der Waals surface area (Å²) in [7, 11) is 1.53. The van der Waals surface area contributed by atoms with Crippen LogP contribution in [0.1, 0.15) is 15.9 Å². The standard InChI is InChI=1S/C17H18FN3O4/c1-11-3-5-13(10-14(11)18)20-17(22)12-4-6-15(19-7-8-25-2)16(9-12)21(23)24/h3-6,9-10,19H,7-8H2,1-2H3,(H,20,22). The number of nitrogens with one attached hydrogen (secondary N) is 2. The Morgan fingerprint density at radius 1 is 1.28 bits per heavy atom. The van der Waals surface area contributed by atoms with Gasteiger partial charge in [0.2, 0.25) is 0 Å². The molecule has 0 heterocycles. The normalized spacial score (nSPS) is 10.4. The number of anilines is 2. The number of nitro benzene ring substituents is 1. The van der Waals surface area contributed by atoms with Crippen molar-refractivity contribution in [3.8, 4) is 0 Å². The zero-order chi connectivity index (χ0) is 18.4. The summed E-state index contributed by atoms with van der Waals surface area (Å²) >= 11 is 0. The molecular weight excluding hydrogens is 329 g/mol. The number of hydrogen-bond donors (Lipinski definition) is 2. The van der Waals surface area contributed by atoms with Gasteiger partial charge in [-0.05, 0) is 36.8 Å². The number of hydrogen-bond acceptors (Lipinski definition) is 5. The van der Waals surface area contributed by atoms with Crippen LogP contribution in [0.25, 0.3) is 0 Å². The number of amides is 1. The monoisotopic (exact) mass is 347 g/mol. The number of benzene rings is 2. The van der Waals surface area contributed by atoms with Crippen molar-refractivity contribution in [2.45, 2.75) is 6.92 Å². The van der Waals surface area contributed by atoms with Crippen LogP contribution in [0.15, 0.2) is 36.4 Å². The second kappa shape index (κ2) is 8.20. The van der Waals surface area contributed by atoms with Crippen LogP contribution in [0.4, 0.5) is 21.5 Å². The van der Waals surface area contributed by atoms with Crippen molar-refractivity contribution in [2.75, 3.05) is 30.9 Å². The summed E-state index contributed by atoms with van der Waals surface area (Å²) < 4.78 is 18.4. The van der Waals surface area contributed by atoms with E-state index in [1.807, 2.05) is 0 Å². The van der Waals surface area contributed by atoms with Crippen LogP contribution in [-0.4, -0.2) is 31.1 Å². The van der Waals surface area contributed by atoms with Gasteiger partial charge in [0, 0.05) is 31.0 Å². The zero-order valence-electron chi connectivity index (χ0n) is 13.8. The lowest BCUT2D eigenvalue weighted by atomic mass is 10.1. The molecule has 2 N–H and O–H groups in total. The summed E-state index contributed by atoms with van der Waals surface area (Å²) in [5, 5.41) is 16.6. The number of carbonyl (C=O) groups excluding carboxylic acids is 1. The van der Waals surface area contributed by atoms with Crippen molar-refractivity contribution in [3.05, 3.63) is 63.5 Å². The molecule has 2 aromatic carbocycles. The highest BCUT2D eigenvalue weighted by atomic mass is 19.1. The molecule has 2 rings (SSSR count). The molecule has 0 aromatic heterocycles. The maximum absolute atomic E-state index is 13.5. The average Bonchev–Trinajstić information content (AvgIpc) is 2.58. The molecule has 0 aliphatic heterocycles. The third kappa shape index (κ3) is 4.74. The molecule has 25 heavy (non-hydrogen) atoms. The van der Waals surface area contributed by atoms with Gasteiger partial charge in [-0.25, -0.2) is 4.39 Å². The second-order valence-electron chi connectivity index (χ2n) is 5.33. The topological polar surface area (TPSA) is 93.5 Å². The second-order valence-corrected chi connectivity index (χ2v) is 5.33. The van der Waals surface area contributed by atoms with Crippen LogP contribution in [0.3, 0.4) is 0 Å². The number of nitro groups is 1. The highest BCUT2D eigenvalue weighted by molar-refractivity contribution is 6.05. The maximum Gasteiger partial charge on any atom is 0.293 e. The van der Waals surface area contributed by atoms with Gasteiger partial charge in [-0.1, -0.05) is 6.07 Å². The Balaban J connectivity index is 2.20. The van der Waals surface area contributed by atoms with E-state index in [9.17, 15) is 19.3 Å². The molecule has 0 spiro atoms. The lowest BCUT2D eigenvalue weighted by molar-refractivity contribution is -0.384. The van der Waals surface area contributed by atoms with Gasteiger partial charge in [-0.15, -0.1) is 0 Å². The van der Waals surface area contributed by atoms with Crippen molar-refractivity contribution in [3.63, 3.8) is 0 Å². The molecule has 0 atom stereocenters. The van der Waals surface area contributed by atoms with Crippen molar-refractivity contribution in [1.29, 1.82) is 0 Å². The molecule has 2 aromatic rings. The van der Waals surface area contributed by atoms with Crippen molar-refractivity contribution in [1.82, 2.24) is 0 Å². The highest BCUT2D eigenvalue weighted by Gasteiger charge is 2.17. The minimum atomic E-state index is -0.572. The summed E-state index contributed by atoms with van der Waals surface area (Å²) in [6.07, 6.45) is 0. The van der Waals surface area contributed by atoms with E-state index >= 15 is 0 Å². The molecule has 132 valence electrons. The molecule has 0 unspecified atom stereocenters. The van der Waals surface area contributed by atoms with Crippen LogP contribution in [0, 0.1) is 22.9 Å². The number of ether oxygens (including phenoxy) is 1. The van der Waals surface area contributed by atoms with E-state index in [-0.39, 0.29) is 16.9 Å². The van der Waals surface area contributed by atoms with E-state index < -0.39 is 16.6 Å². The number of halogens is 1. The summed E-state index contributed by atoms with van der Waals surface area (Å²) in [5.74, 6) is -1.00. The van der Waals surface area contributed by atoms with E-state index in [2.05, 4.69) is 10.6 Å². The molecule has 0 aliphatic carbocycles. The lowest BCUT2D eigenvalue weighted by Crippen LogP contribution is -2.14. The summed E-state index contributed by atoms with van der Waals surface area (Å²) in [4.78, 5) is 22.9. The fourth-order valence-electron chi connectivity index (χ4n) is 2.14. The SMILES string of the molecule is COCCNc1ccc(C(=O)Nc2ccc(C)c(F)c2)cc1[N+](=O)[O-].